The number of rotatable bonds is 0. The second-order valence-corrected chi connectivity index (χ2v) is 0.238. The summed E-state index contributed by atoms with van der Waals surface area (Å²) >= 11 is 0. The molecule has 66 valence electrons. The zero-order valence-corrected chi connectivity index (χ0v) is 5.32. The monoisotopic (exact) mass is 185 g/mol. The van der Waals surface area contributed by atoms with E-state index < -0.39 is 5.09 Å². The van der Waals surface area contributed by atoms with Crippen molar-refractivity contribution in [3.8, 4) is 0 Å². The van der Waals surface area contributed by atoms with Crippen LogP contribution in [0.25, 0.3) is 24.6 Å². The minimum atomic E-state index is -1.50. The standard InChI is InChI=1S/HNO3.4H2N.Ni/c2-1(3)4;;;;;/h(H,2,3,4);4*1H2;/q;4*-1;. The molecule has 0 rings (SSSR count). The van der Waals surface area contributed by atoms with E-state index >= 15 is 0 Å². The van der Waals surface area contributed by atoms with E-state index in [9.17, 15) is 0 Å². The van der Waals surface area contributed by atoms with Crippen LogP contribution in [0.4, 0.5) is 0 Å². The molecule has 0 aromatic heterocycles. The second kappa shape index (κ2) is 50.1. The Morgan fingerprint density at radius 2 is 1.11 bits per heavy atom. The average molecular weight is 186 g/mol. The third-order valence-electron chi connectivity index (χ3n) is 0. The van der Waals surface area contributed by atoms with Gasteiger partial charge in [0.1, 0.15) is 0 Å². The summed E-state index contributed by atoms with van der Waals surface area (Å²) < 4.78 is 0. The molecule has 0 aliphatic rings. The van der Waals surface area contributed by atoms with Crippen LogP contribution in [0.3, 0.4) is 0 Å². The molecule has 0 aliphatic carbocycles. The Bertz CT molecular complexity index is 35.2. The van der Waals surface area contributed by atoms with Crippen LogP contribution in [-0.2, 0) is 16.5 Å². The van der Waals surface area contributed by atoms with E-state index in [2.05, 4.69) is 0 Å². The van der Waals surface area contributed by atoms with Crippen LogP contribution in [0.2, 0.25) is 0 Å². The Morgan fingerprint density at radius 1 is 1.11 bits per heavy atom. The Balaban J connectivity index is -0.00000000450. The van der Waals surface area contributed by atoms with Crippen molar-refractivity contribution in [1.82, 2.24) is 0 Å². The summed E-state index contributed by atoms with van der Waals surface area (Å²) in [7, 11) is 0. The molecule has 0 saturated heterocycles. The van der Waals surface area contributed by atoms with E-state index in [0.29, 0.717) is 0 Å². The van der Waals surface area contributed by atoms with Crippen molar-refractivity contribution in [2.75, 3.05) is 0 Å². The molecule has 0 unspecified atom stereocenters. The molecule has 9 heavy (non-hydrogen) atoms. The fourth-order valence-electron chi connectivity index (χ4n) is 0. The summed E-state index contributed by atoms with van der Waals surface area (Å²) in [6.45, 7) is 0. The number of hydrogen-bond acceptors (Lipinski definition) is 2. The predicted molar refractivity (Wildman–Crippen MR) is 29.9 cm³/mol. The smallest absolute Gasteiger partial charge is 0.291 e. The summed E-state index contributed by atoms with van der Waals surface area (Å²) in [6, 6.07) is 0. The summed E-state index contributed by atoms with van der Waals surface area (Å²) in [5.41, 5.74) is 0. The van der Waals surface area contributed by atoms with Crippen molar-refractivity contribution >= 4 is 0 Å². The first-order valence-electron chi connectivity index (χ1n) is 0.565. The summed E-state index contributed by atoms with van der Waals surface area (Å²) in [6.07, 6.45) is 0. The maximum atomic E-state index is 8.36. The molecule has 0 aliphatic heterocycles. The largest absolute Gasteiger partial charge is 0.693 e. The van der Waals surface area contributed by atoms with Crippen LogP contribution < -0.4 is 0 Å². The summed E-state index contributed by atoms with van der Waals surface area (Å²) in [4.78, 5) is 8.36. The van der Waals surface area contributed by atoms with Gasteiger partial charge in [0.05, 0.1) is 0 Å². The molecule has 0 aromatic rings. The number of nitrogens with two attached hydrogens (primary N) is 4. The molecule has 0 radical (unpaired) electrons. The van der Waals surface area contributed by atoms with Crippen LogP contribution >= 0.6 is 0 Å². The van der Waals surface area contributed by atoms with Gasteiger partial charge in [-0.25, -0.2) is 0 Å². The maximum Gasteiger partial charge on any atom is 0.291 e. The van der Waals surface area contributed by atoms with Gasteiger partial charge in [-0.05, 0) is 0 Å². The molecule has 9 N–H and O–H groups in total. The molecule has 9 heteroatoms. The first-order chi connectivity index (χ1) is 1.73. The normalized spacial score (nSPS) is 2.67. The van der Waals surface area contributed by atoms with E-state index in [0.717, 1.165) is 0 Å². The molecule has 0 spiro atoms. The topological polar surface area (TPSA) is 197 Å². The third kappa shape index (κ3) is 1060. The van der Waals surface area contributed by atoms with Gasteiger partial charge in [-0.3, -0.25) is 0 Å². The Kier molecular flexibility index (Phi) is 420. The minimum absolute atomic E-state index is 0. The Labute approximate surface area is 62.4 Å². The van der Waals surface area contributed by atoms with Gasteiger partial charge in [0.15, 0.2) is 0 Å². The van der Waals surface area contributed by atoms with E-state index in [-0.39, 0.29) is 41.1 Å². The molecule has 0 heterocycles. The number of hydrogen-bond donors (Lipinski definition) is 1. The second-order valence-electron chi connectivity index (χ2n) is 0.238. The van der Waals surface area contributed by atoms with Gasteiger partial charge in [0, 0.05) is 16.5 Å². The van der Waals surface area contributed by atoms with E-state index in [4.69, 9.17) is 15.3 Å². The van der Waals surface area contributed by atoms with Gasteiger partial charge >= 0.3 is 0 Å². The maximum absolute atomic E-state index is 8.36. The van der Waals surface area contributed by atoms with E-state index in [1.165, 1.54) is 0 Å². The van der Waals surface area contributed by atoms with Crippen molar-refractivity contribution < 1.29 is 26.8 Å². The molecule has 0 bridgehead atoms. The van der Waals surface area contributed by atoms with Crippen molar-refractivity contribution in [3.63, 3.8) is 0 Å². The summed E-state index contributed by atoms with van der Waals surface area (Å²) in [5.74, 6) is 0. The van der Waals surface area contributed by atoms with Gasteiger partial charge in [0.2, 0.25) is 0 Å². The molecular formula is H9N5NiO3-4. The molecule has 0 atom stereocenters. The van der Waals surface area contributed by atoms with E-state index in [1.54, 1.807) is 0 Å². The summed E-state index contributed by atoms with van der Waals surface area (Å²) in [5, 5.41) is 13.6. The number of nitrogens with zero attached hydrogens (tertiary/aromatic N) is 1. The predicted octanol–water partition coefficient (Wildman–Crippen LogP) is 2.52. The quantitative estimate of drug-likeness (QED) is 0.344. The Hall–Kier alpha value is -0.466. The Morgan fingerprint density at radius 3 is 1.11 bits per heavy atom. The molecule has 0 fully saturated rings. The fourth-order valence-corrected chi connectivity index (χ4v) is 0. The van der Waals surface area contributed by atoms with Crippen LogP contribution in [0.1, 0.15) is 0 Å². The third-order valence-corrected chi connectivity index (χ3v) is 0. The zero-order chi connectivity index (χ0) is 3.58. The first-order valence-corrected chi connectivity index (χ1v) is 0.565. The molecule has 0 amide bonds. The minimum Gasteiger partial charge on any atom is -0.693 e. The average Bonchev–Trinajstić information content (AvgIpc) is 0.811. The molecule has 8 nitrogen and oxygen atoms in total. The van der Waals surface area contributed by atoms with Crippen LogP contribution in [0, 0.1) is 10.1 Å². The first kappa shape index (κ1) is 75.5. The van der Waals surface area contributed by atoms with E-state index in [1.807, 2.05) is 0 Å². The van der Waals surface area contributed by atoms with Crippen molar-refractivity contribution in [1.29, 1.82) is 0 Å². The molecular weight excluding hydrogens is 177 g/mol. The van der Waals surface area contributed by atoms with Crippen molar-refractivity contribution in [2.45, 2.75) is 0 Å². The SMILES string of the molecule is O=[N+]([O-])O.[NH2-].[NH2-].[NH2-].[NH2-].[Ni]. The van der Waals surface area contributed by atoms with Gasteiger partial charge < -0.3 is 29.8 Å². The van der Waals surface area contributed by atoms with Crippen molar-refractivity contribution in [2.24, 2.45) is 0 Å². The van der Waals surface area contributed by atoms with Crippen LogP contribution in [0.5, 0.6) is 0 Å². The fraction of sp³-hybridized carbons (Fsp3) is 0. The van der Waals surface area contributed by atoms with Gasteiger partial charge in [-0.2, -0.15) is 0 Å². The van der Waals surface area contributed by atoms with Gasteiger partial charge in [-0.1, -0.05) is 0 Å². The van der Waals surface area contributed by atoms with Crippen molar-refractivity contribution in [3.05, 3.63) is 34.7 Å². The molecule has 0 saturated carbocycles. The van der Waals surface area contributed by atoms with Gasteiger partial charge in [-0.15, -0.1) is 10.1 Å². The van der Waals surface area contributed by atoms with Crippen LogP contribution in [-0.4, -0.2) is 10.3 Å². The van der Waals surface area contributed by atoms with Gasteiger partial charge in [0.25, 0.3) is 5.09 Å². The zero-order valence-electron chi connectivity index (χ0n) is 4.34. The van der Waals surface area contributed by atoms with Crippen LogP contribution in [0.15, 0.2) is 0 Å². The molecule has 0 aromatic carbocycles.